The molecule has 4 amide bonds. The molecule has 1 saturated carbocycles. The third-order valence-corrected chi connectivity index (χ3v) is 12.0. The molecule has 2 N–H and O–H groups in total. The first-order valence-corrected chi connectivity index (χ1v) is 18.0. The van der Waals surface area contributed by atoms with E-state index < -0.39 is 70.2 Å². The van der Waals surface area contributed by atoms with E-state index >= 15 is 9.18 Å². The third-order valence-electron chi connectivity index (χ3n) is 11.4. The highest BCUT2D eigenvalue weighted by atomic mass is 35.5. The standard InChI is InChI=1S/C41H32Cl2FN3O7/c1-20(48)21-3-9-25(10-4-21)46-37(50)28-14-13-27-29(35(28)39(46)52)19-30-38(51)47(45-33-15-8-24(42)18-31(33)43)40(53)41(30,23-6-11-26(54-2)12-7-23)36(27)22-5-16-34(49)32(44)17-22/h3-13,15-18,28-30,35-36,45,49H,14,19H2,1-2H3/t28-,29+,30-,35-,36-,41+/m0/s1. The topological polar surface area (TPSA) is 133 Å². The van der Waals surface area contributed by atoms with Crippen LogP contribution in [0, 0.1) is 29.5 Å². The molecule has 274 valence electrons. The van der Waals surface area contributed by atoms with Gasteiger partial charge in [-0.2, -0.15) is 5.01 Å². The number of hydrogen-bond acceptors (Lipinski definition) is 8. The van der Waals surface area contributed by atoms with Crippen LogP contribution in [0.1, 0.15) is 47.2 Å². The normalized spacial score (nSPS) is 25.9. The number of fused-ring (bicyclic) bond motifs is 4. The number of Topliss-reactive ketones (excluding diaryl/α,β-unsaturated/α-hetero) is 1. The Hall–Kier alpha value is -5.52. The first kappa shape index (κ1) is 35.5. The lowest BCUT2D eigenvalue weighted by atomic mass is 9.49. The molecule has 6 atom stereocenters. The molecular formula is C41H32Cl2FN3O7. The number of halogens is 3. The monoisotopic (exact) mass is 767 g/mol. The zero-order valence-electron chi connectivity index (χ0n) is 28.9. The van der Waals surface area contributed by atoms with Gasteiger partial charge in [-0.05, 0) is 104 Å². The third kappa shape index (κ3) is 5.24. The maximum atomic E-state index is 15.4. The summed E-state index contributed by atoms with van der Waals surface area (Å²) in [6, 6.07) is 21.4. The molecule has 0 radical (unpaired) electrons. The van der Waals surface area contributed by atoms with Crippen molar-refractivity contribution in [1.29, 1.82) is 0 Å². The summed E-state index contributed by atoms with van der Waals surface area (Å²) in [7, 11) is 1.50. The lowest BCUT2D eigenvalue weighted by Gasteiger charge is -2.50. The lowest BCUT2D eigenvalue weighted by Crippen LogP contribution is -2.53. The number of hydrogen-bond donors (Lipinski definition) is 2. The molecule has 0 unspecified atom stereocenters. The number of methoxy groups -OCH3 is 1. The molecule has 0 bridgehead atoms. The number of benzene rings is 4. The number of amides is 4. The number of imide groups is 2. The Morgan fingerprint density at radius 1 is 0.907 bits per heavy atom. The second-order valence-corrected chi connectivity index (χ2v) is 14.9. The van der Waals surface area contributed by atoms with Crippen LogP contribution in [0.15, 0.2) is 96.6 Å². The van der Waals surface area contributed by atoms with Gasteiger partial charge in [-0.3, -0.25) is 34.3 Å². The van der Waals surface area contributed by atoms with Crippen molar-refractivity contribution in [2.45, 2.75) is 31.1 Å². The number of aromatic hydroxyl groups is 1. The minimum Gasteiger partial charge on any atom is -0.505 e. The van der Waals surface area contributed by atoms with Crippen molar-refractivity contribution in [1.82, 2.24) is 5.01 Å². The number of phenols is 1. The second-order valence-electron chi connectivity index (χ2n) is 14.0. The number of carbonyl (C=O) groups excluding carboxylic acids is 5. The number of nitrogens with zero attached hydrogens (tertiary/aromatic N) is 2. The van der Waals surface area contributed by atoms with Crippen LogP contribution in [0.5, 0.6) is 11.5 Å². The van der Waals surface area contributed by atoms with Gasteiger partial charge in [0.25, 0.3) is 11.8 Å². The van der Waals surface area contributed by atoms with Crippen LogP contribution in [0.3, 0.4) is 0 Å². The van der Waals surface area contributed by atoms with Gasteiger partial charge in [0.2, 0.25) is 11.8 Å². The molecule has 54 heavy (non-hydrogen) atoms. The Kier molecular flexibility index (Phi) is 8.62. The molecule has 2 aliphatic carbocycles. The van der Waals surface area contributed by atoms with E-state index in [-0.39, 0.29) is 29.3 Å². The van der Waals surface area contributed by atoms with E-state index in [1.807, 2.05) is 6.08 Å². The van der Waals surface area contributed by atoms with Gasteiger partial charge in [0.05, 0.1) is 46.7 Å². The zero-order chi connectivity index (χ0) is 38.2. The number of rotatable bonds is 7. The fraction of sp³-hybridized carbons (Fsp3) is 0.244. The number of nitrogens with one attached hydrogen (secondary N) is 1. The minimum absolute atomic E-state index is 0.00331. The first-order chi connectivity index (χ1) is 25.9. The Morgan fingerprint density at radius 2 is 1.63 bits per heavy atom. The van der Waals surface area contributed by atoms with Crippen molar-refractivity contribution in [2.24, 2.45) is 23.7 Å². The van der Waals surface area contributed by atoms with Gasteiger partial charge >= 0.3 is 0 Å². The number of anilines is 2. The number of ether oxygens (including phenoxy) is 1. The average molecular weight is 769 g/mol. The van der Waals surface area contributed by atoms with Crippen LogP contribution < -0.4 is 15.1 Å². The summed E-state index contributed by atoms with van der Waals surface area (Å²) in [6.07, 6.45) is 2.00. The summed E-state index contributed by atoms with van der Waals surface area (Å²) in [4.78, 5) is 71.8. The molecule has 4 aliphatic rings. The van der Waals surface area contributed by atoms with Crippen LogP contribution in [0.4, 0.5) is 15.8 Å². The summed E-state index contributed by atoms with van der Waals surface area (Å²) in [5.41, 5.74) is 3.54. The maximum Gasteiger partial charge on any atom is 0.260 e. The smallest absolute Gasteiger partial charge is 0.260 e. The number of hydrazine groups is 1. The molecule has 13 heteroatoms. The van der Waals surface area contributed by atoms with Gasteiger partial charge in [-0.25, -0.2) is 4.39 Å². The van der Waals surface area contributed by atoms with E-state index in [4.69, 9.17) is 27.9 Å². The molecule has 4 aromatic carbocycles. The van der Waals surface area contributed by atoms with E-state index in [1.54, 1.807) is 54.6 Å². The van der Waals surface area contributed by atoms with Crippen molar-refractivity contribution in [3.05, 3.63) is 129 Å². The molecule has 2 heterocycles. The summed E-state index contributed by atoms with van der Waals surface area (Å²) in [6.45, 7) is 1.42. The molecular weight excluding hydrogens is 736 g/mol. The fourth-order valence-corrected chi connectivity index (χ4v) is 9.47. The second kappa shape index (κ2) is 13.1. The molecule has 10 nitrogen and oxygen atoms in total. The largest absolute Gasteiger partial charge is 0.505 e. The fourth-order valence-electron chi connectivity index (χ4n) is 9.02. The van der Waals surface area contributed by atoms with Crippen molar-refractivity contribution in [3.8, 4) is 11.5 Å². The molecule has 2 saturated heterocycles. The van der Waals surface area contributed by atoms with E-state index in [1.165, 1.54) is 38.3 Å². The van der Waals surface area contributed by atoms with Crippen molar-refractivity contribution < 1.29 is 38.2 Å². The van der Waals surface area contributed by atoms with E-state index in [2.05, 4.69) is 5.43 Å². The predicted octanol–water partition coefficient (Wildman–Crippen LogP) is 7.24. The van der Waals surface area contributed by atoms with Gasteiger partial charge < -0.3 is 9.84 Å². The first-order valence-electron chi connectivity index (χ1n) is 17.3. The number of allylic oxidation sites excluding steroid dienone is 2. The molecule has 2 aliphatic heterocycles. The Balaban J connectivity index is 1.31. The van der Waals surface area contributed by atoms with Crippen LogP contribution in [-0.2, 0) is 24.6 Å². The van der Waals surface area contributed by atoms with Crippen LogP contribution in [-0.4, -0.2) is 46.6 Å². The lowest BCUT2D eigenvalue weighted by molar-refractivity contribution is -0.138. The number of carbonyl (C=O) groups is 5. The molecule has 8 rings (SSSR count). The Morgan fingerprint density at radius 3 is 2.28 bits per heavy atom. The summed E-state index contributed by atoms with van der Waals surface area (Å²) in [5, 5.41) is 11.7. The molecule has 4 aromatic rings. The predicted molar refractivity (Wildman–Crippen MR) is 198 cm³/mol. The SMILES string of the molecule is COc1ccc([C@@]23C(=O)N(Nc4ccc(Cl)cc4Cl)C(=O)[C@@H]2C[C@@H]2C(=CC[C@@H]4C(=O)N(c5ccc(C(C)=O)cc5)C(=O)[C@@H]42)[C@@H]3c2ccc(O)c(F)c2)cc1. The highest BCUT2D eigenvalue weighted by Gasteiger charge is 2.70. The van der Waals surface area contributed by atoms with Gasteiger partial charge in [0.1, 0.15) is 5.75 Å². The van der Waals surface area contributed by atoms with Crippen molar-refractivity contribution >= 4 is 64.0 Å². The van der Waals surface area contributed by atoms with Gasteiger partial charge in [0, 0.05) is 16.5 Å². The van der Waals surface area contributed by atoms with Gasteiger partial charge in [-0.1, -0.05) is 53.1 Å². The molecule has 3 fully saturated rings. The van der Waals surface area contributed by atoms with Gasteiger partial charge in [-0.15, -0.1) is 0 Å². The van der Waals surface area contributed by atoms with Crippen LogP contribution in [0.2, 0.25) is 10.0 Å². The molecule has 0 aromatic heterocycles. The van der Waals surface area contributed by atoms with E-state index in [0.29, 0.717) is 38.7 Å². The average Bonchev–Trinajstić information content (AvgIpc) is 3.54. The maximum absolute atomic E-state index is 15.4. The highest BCUT2D eigenvalue weighted by Crippen LogP contribution is 2.64. The number of ketones is 1. The quantitative estimate of drug-likeness (QED) is 0.114. The van der Waals surface area contributed by atoms with E-state index in [9.17, 15) is 24.3 Å². The van der Waals surface area contributed by atoms with Crippen LogP contribution >= 0.6 is 23.2 Å². The summed E-state index contributed by atoms with van der Waals surface area (Å²) < 4.78 is 20.8. The Bertz CT molecular complexity index is 2310. The highest BCUT2D eigenvalue weighted by molar-refractivity contribution is 6.36. The van der Waals surface area contributed by atoms with Crippen molar-refractivity contribution in [3.63, 3.8) is 0 Å². The van der Waals surface area contributed by atoms with Gasteiger partial charge in [0.15, 0.2) is 17.3 Å². The minimum atomic E-state index is -1.69. The van der Waals surface area contributed by atoms with Crippen molar-refractivity contribution in [2.75, 3.05) is 17.4 Å². The zero-order valence-corrected chi connectivity index (χ0v) is 30.4. The van der Waals surface area contributed by atoms with E-state index in [0.717, 1.165) is 16.0 Å². The number of phenolic OH excluding ortho intramolecular Hbond substituents is 1. The Labute approximate surface area is 319 Å². The van der Waals surface area contributed by atoms with Crippen LogP contribution in [0.25, 0.3) is 0 Å². The molecule has 0 spiro atoms. The summed E-state index contributed by atoms with van der Waals surface area (Å²) in [5.74, 6) is -7.86. The summed E-state index contributed by atoms with van der Waals surface area (Å²) >= 11 is 12.6.